The number of piperazine rings is 1. The molecule has 1 fully saturated rings. The van der Waals surface area contributed by atoms with Crippen LogP contribution in [0.5, 0.6) is 0 Å². The number of carbonyl (C=O) groups excluding carboxylic acids is 2. The Morgan fingerprint density at radius 1 is 1.24 bits per heavy atom. The quantitative estimate of drug-likeness (QED) is 0.857. The van der Waals surface area contributed by atoms with E-state index in [1.807, 2.05) is 6.92 Å². The molecule has 0 radical (unpaired) electrons. The van der Waals surface area contributed by atoms with E-state index in [9.17, 15) is 14.0 Å². The van der Waals surface area contributed by atoms with E-state index < -0.39 is 11.4 Å². The van der Waals surface area contributed by atoms with Gasteiger partial charge in [-0.1, -0.05) is 24.9 Å². The summed E-state index contributed by atoms with van der Waals surface area (Å²) in [6, 6.07) is 4.00. The minimum Gasteiger partial charge on any atom is -0.338 e. The van der Waals surface area contributed by atoms with Crippen molar-refractivity contribution in [1.29, 1.82) is 0 Å². The molecule has 2 N–H and O–H groups in total. The molecule has 1 atom stereocenters. The fourth-order valence-corrected chi connectivity index (χ4v) is 3.09. The topological polar surface area (TPSA) is 66.6 Å². The summed E-state index contributed by atoms with van der Waals surface area (Å²) in [7, 11) is 0. The molecule has 1 aliphatic rings. The zero-order chi connectivity index (χ0) is 17.9. The maximum absolute atomic E-state index is 13.9. The van der Waals surface area contributed by atoms with Crippen molar-refractivity contribution < 1.29 is 14.0 Å². The maximum atomic E-state index is 13.9. The Balaban J connectivity index is 0.00000312. The van der Waals surface area contributed by atoms with Gasteiger partial charge in [0, 0.05) is 31.2 Å². The molecule has 1 saturated heterocycles. The molecule has 0 aliphatic carbocycles. The van der Waals surface area contributed by atoms with Crippen LogP contribution in [0.15, 0.2) is 18.2 Å². The Labute approximate surface area is 158 Å². The first-order valence-electron chi connectivity index (χ1n) is 8.09. The lowest BCUT2D eigenvalue weighted by atomic mass is 9.95. The van der Waals surface area contributed by atoms with Gasteiger partial charge in [-0.15, -0.1) is 12.4 Å². The van der Waals surface area contributed by atoms with E-state index in [-0.39, 0.29) is 34.8 Å². The lowest BCUT2D eigenvalue weighted by molar-refractivity contribution is -0.138. The third-order valence-electron chi connectivity index (χ3n) is 4.27. The molecule has 2 rings (SSSR count). The summed E-state index contributed by atoms with van der Waals surface area (Å²) in [5.74, 6) is -1.13. The fraction of sp³-hybridized carbons (Fsp3) is 0.529. The van der Waals surface area contributed by atoms with Gasteiger partial charge in [0.05, 0.1) is 11.1 Å². The monoisotopic (exact) mass is 391 g/mol. The number of amides is 2. The number of rotatable bonds is 4. The summed E-state index contributed by atoms with van der Waals surface area (Å²) in [6.45, 7) is 5.23. The van der Waals surface area contributed by atoms with Gasteiger partial charge in [-0.2, -0.15) is 0 Å². The van der Waals surface area contributed by atoms with Crippen LogP contribution in [0, 0.1) is 5.82 Å². The smallest absolute Gasteiger partial charge is 0.256 e. The van der Waals surface area contributed by atoms with Crippen molar-refractivity contribution in [3.05, 3.63) is 34.6 Å². The van der Waals surface area contributed by atoms with E-state index in [4.69, 9.17) is 17.3 Å². The van der Waals surface area contributed by atoms with E-state index in [0.29, 0.717) is 32.6 Å². The lowest BCUT2D eigenvalue weighted by Gasteiger charge is -2.38. The molecule has 8 heteroatoms. The summed E-state index contributed by atoms with van der Waals surface area (Å²) in [5.41, 5.74) is 5.20. The van der Waals surface area contributed by atoms with Gasteiger partial charge in [0.1, 0.15) is 5.82 Å². The van der Waals surface area contributed by atoms with Crippen molar-refractivity contribution in [1.82, 2.24) is 9.80 Å². The van der Waals surface area contributed by atoms with Crippen LogP contribution in [0.1, 0.15) is 37.0 Å². The fourth-order valence-electron chi connectivity index (χ4n) is 2.93. The Kier molecular flexibility index (Phi) is 7.65. The van der Waals surface area contributed by atoms with Gasteiger partial charge in [0.25, 0.3) is 5.91 Å². The highest BCUT2D eigenvalue weighted by Gasteiger charge is 2.34. The predicted octanol–water partition coefficient (Wildman–Crippen LogP) is 2.70. The number of nitrogens with zero attached hydrogens (tertiary/aromatic N) is 2. The Hall–Kier alpha value is -1.37. The largest absolute Gasteiger partial charge is 0.338 e. The Morgan fingerprint density at radius 2 is 1.80 bits per heavy atom. The van der Waals surface area contributed by atoms with Crippen molar-refractivity contribution in [2.24, 2.45) is 5.73 Å². The normalized spacial score (nSPS) is 16.8. The SMILES string of the molecule is CCCC(C)(N)C(=O)N1CCN(C(=O)c2ccc(Cl)cc2F)CC1.Cl. The molecule has 140 valence electrons. The predicted molar refractivity (Wildman–Crippen MR) is 98.6 cm³/mol. The van der Waals surface area contributed by atoms with Crippen LogP contribution in [0.25, 0.3) is 0 Å². The van der Waals surface area contributed by atoms with Crippen molar-refractivity contribution in [3.8, 4) is 0 Å². The molecule has 1 aromatic rings. The summed E-state index contributed by atoms with van der Waals surface area (Å²) in [5, 5.41) is 0.248. The molecule has 1 unspecified atom stereocenters. The zero-order valence-electron chi connectivity index (χ0n) is 14.4. The summed E-state index contributed by atoms with van der Waals surface area (Å²) in [4.78, 5) is 28.1. The van der Waals surface area contributed by atoms with Gasteiger partial charge in [0.2, 0.25) is 5.91 Å². The molecule has 1 heterocycles. The molecular weight excluding hydrogens is 368 g/mol. The first kappa shape index (κ1) is 21.7. The third kappa shape index (κ3) is 5.06. The first-order chi connectivity index (χ1) is 11.3. The highest BCUT2D eigenvalue weighted by atomic mass is 35.5. The molecular formula is C17H24Cl2FN3O2. The van der Waals surface area contributed by atoms with Gasteiger partial charge in [-0.25, -0.2) is 4.39 Å². The number of carbonyl (C=O) groups is 2. The van der Waals surface area contributed by atoms with Gasteiger partial charge in [-0.3, -0.25) is 9.59 Å². The molecule has 0 spiro atoms. The zero-order valence-corrected chi connectivity index (χ0v) is 16.0. The van der Waals surface area contributed by atoms with Crippen LogP contribution in [-0.4, -0.2) is 53.3 Å². The Morgan fingerprint density at radius 3 is 2.32 bits per heavy atom. The minimum absolute atomic E-state index is 0. The molecule has 0 saturated carbocycles. The average Bonchev–Trinajstić information content (AvgIpc) is 2.53. The number of hydrogen-bond donors (Lipinski definition) is 1. The Bertz CT molecular complexity index is 632. The second kappa shape index (κ2) is 8.83. The number of hydrogen-bond acceptors (Lipinski definition) is 3. The molecule has 2 amide bonds. The van der Waals surface area contributed by atoms with Crippen LogP contribution in [0.4, 0.5) is 4.39 Å². The highest BCUT2D eigenvalue weighted by molar-refractivity contribution is 6.30. The van der Waals surface area contributed by atoms with Crippen LogP contribution in [-0.2, 0) is 4.79 Å². The second-order valence-electron chi connectivity index (χ2n) is 6.38. The van der Waals surface area contributed by atoms with E-state index in [1.54, 1.807) is 16.7 Å². The standard InChI is InChI=1S/C17H23ClFN3O2.ClH/c1-3-6-17(2,20)16(24)22-9-7-21(8-10-22)15(23)13-5-4-12(18)11-14(13)19;/h4-5,11H,3,6-10,20H2,1-2H3;1H. The molecule has 25 heavy (non-hydrogen) atoms. The van der Waals surface area contributed by atoms with Crippen molar-refractivity contribution in [2.45, 2.75) is 32.2 Å². The van der Waals surface area contributed by atoms with Gasteiger partial charge in [-0.05, 0) is 31.5 Å². The van der Waals surface area contributed by atoms with E-state index in [2.05, 4.69) is 0 Å². The first-order valence-corrected chi connectivity index (χ1v) is 8.46. The van der Waals surface area contributed by atoms with Crippen LogP contribution in [0.3, 0.4) is 0 Å². The van der Waals surface area contributed by atoms with Crippen LogP contribution < -0.4 is 5.73 Å². The molecule has 0 aromatic heterocycles. The van der Waals surface area contributed by atoms with Crippen LogP contribution in [0.2, 0.25) is 5.02 Å². The minimum atomic E-state index is -0.886. The number of halogens is 3. The molecule has 1 aromatic carbocycles. The number of benzene rings is 1. The van der Waals surface area contributed by atoms with Gasteiger partial charge < -0.3 is 15.5 Å². The van der Waals surface area contributed by atoms with Crippen LogP contribution >= 0.6 is 24.0 Å². The summed E-state index contributed by atoms with van der Waals surface area (Å²) < 4.78 is 13.9. The van der Waals surface area contributed by atoms with E-state index >= 15 is 0 Å². The van der Waals surface area contributed by atoms with Gasteiger partial charge in [0.15, 0.2) is 0 Å². The molecule has 0 bridgehead atoms. The van der Waals surface area contributed by atoms with Crippen molar-refractivity contribution in [3.63, 3.8) is 0 Å². The maximum Gasteiger partial charge on any atom is 0.256 e. The third-order valence-corrected chi connectivity index (χ3v) is 4.51. The second-order valence-corrected chi connectivity index (χ2v) is 6.81. The highest BCUT2D eigenvalue weighted by Crippen LogP contribution is 2.19. The lowest BCUT2D eigenvalue weighted by Crippen LogP contribution is -2.58. The molecule has 1 aliphatic heterocycles. The average molecular weight is 392 g/mol. The molecule has 5 nitrogen and oxygen atoms in total. The number of nitrogens with two attached hydrogens (primary N) is 1. The van der Waals surface area contributed by atoms with E-state index in [0.717, 1.165) is 12.5 Å². The van der Waals surface area contributed by atoms with Crippen molar-refractivity contribution in [2.75, 3.05) is 26.2 Å². The summed E-state index contributed by atoms with van der Waals surface area (Å²) >= 11 is 5.71. The van der Waals surface area contributed by atoms with Gasteiger partial charge >= 0.3 is 0 Å². The van der Waals surface area contributed by atoms with Crippen molar-refractivity contribution >= 4 is 35.8 Å². The van der Waals surface area contributed by atoms with E-state index in [1.165, 1.54) is 12.1 Å². The summed E-state index contributed by atoms with van der Waals surface area (Å²) in [6.07, 6.45) is 1.44.